The molecule has 1 aliphatic rings. The average molecular weight is 157 g/mol. The monoisotopic (exact) mass is 157 g/mol. The van der Waals surface area contributed by atoms with Crippen molar-refractivity contribution >= 4 is 0 Å². The van der Waals surface area contributed by atoms with Crippen LogP contribution in [0.25, 0.3) is 0 Å². The quantitative estimate of drug-likeness (QED) is 0.644. The lowest BCUT2D eigenvalue weighted by molar-refractivity contribution is 0.128. The van der Waals surface area contributed by atoms with Crippen molar-refractivity contribution in [2.24, 2.45) is 0 Å². The molecular weight excluding hydrogens is 138 g/mol. The van der Waals surface area contributed by atoms with Gasteiger partial charge in [-0.3, -0.25) is 0 Å². The Kier molecular flexibility index (Phi) is 2.90. The first-order valence-electron chi connectivity index (χ1n) is 4.62. The highest BCUT2D eigenvalue weighted by Crippen LogP contribution is 2.34. The Morgan fingerprint density at radius 1 is 1.55 bits per heavy atom. The van der Waals surface area contributed by atoms with Crippen LogP contribution in [0.4, 0.5) is 0 Å². The van der Waals surface area contributed by atoms with Gasteiger partial charge in [-0.25, -0.2) is 0 Å². The van der Waals surface area contributed by atoms with Crippen LogP contribution in [0.5, 0.6) is 0 Å². The molecule has 1 aliphatic carbocycles. The fourth-order valence-electron chi connectivity index (χ4n) is 1.62. The van der Waals surface area contributed by atoms with E-state index >= 15 is 0 Å². The molecule has 0 heterocycles. The van der Waals surface area contributed by atoms with Crippen molar-refractivity contribution in [2.45, 2.75) is 51.2 Å². The van der Waals surface area contributed by atoms with Gasteiger partial charge in [0.15, 0.2) is 0 Å². The number of aliphatic hydroxyl groups is 1. The van der Waals surface area contributed by atoms with Gasteiger partial charge in [-0.1, -0.05) is 6.92 Å². The Bertz CT molecular complexity index is 113. The first-order chi connectivity index (χ1) is 5.18. The molecule has 0 amide bonds. The molecule has 11 heavy (non-hydrogen) atoms. The largest absolute Gasteiger partial charge is 0.392 e. The fourth-order valence-corrected chi connectivity index (χ4v) is 1.62. The molecule has 0 aromatic carbocycles. The molecule has 2 heteroatoms. The zero-order valence-electron chi connectivity index (χ0n) is 7.56. The van der Waals surface area contributed by atoms with Crippen LogP contribution in [0.3, 0.4) is 0 Å². The highest BCUT2D eigenvalue weighted by atomic mass is 16.3. The molecule has 0 bridgehead atoms. The van der Waals surface area contributed by atoms with E-state index in [1.807, 2.05) is 6.92 Å². The summed E-state index contributed by atoms with van der Waals surface area (Å²) < 4.78 is 0. The summed E-state index contributed by atoms with van der Waals surface area (Å²) in [5.41, 5.74) is 0.386. The van der Waals surface area contributed by atoms with Crippen molar-refractivity contribution in [3.8, 4) is 0 Å². The predicted molar refractivity (Wildman–Crippen MR) is 46.6 cm³/mol. The lowest BCUT2D eigenvalue weighted by Gasteiger charge is -2.42. The molecule has 2 N–H and O–H groups in total. The van der Waals surface area contributed by atoms with Crippen molar-refractivity contribution in [2.75, 3.05) is 6.54 Å². The highest BCUT2D eigenvalue weighted by Gasteiger charge is 2.34. The molecule has 1 rings (SSSR count). The van der Waals surface area contributed by atoms with Crippen molar-refractivity contribution in [3.05, 3.63) is 0 Å². The van der Waals surface area contributed by atoms with Crippen LogP contribution in [0.1, 0.15) is 39.5 Å². The van der Waals surface area contributed by atoms with E-state index in [-0.39, 0.29) is 6.10 Å². The maximum atomic E-state index is 9.07. The van der Waals surface area contributed by atoms with Crippen LogP contribution in [-0.4, -0.2) is 23.3 Å². The van der Waals surface area contributed by atoms with E-state index in [2.05, 4.69) is 12.2 Å². The van der Waals surface area contributed by atoms with Gasteiger partial charge in [0.25, 0.3) is 0 Å². The van der Waals surface area contributed by atoms with E-state index in [0.29, 0.717) is 5.54 Å². The summed E-state index contributed by atoms with van der Waals surface area (Å²) in [6.45, 7) is 4.79. The maximum Gasteiger partial charge on any atom is 0.0636 e. The average Bonchev–Trinajstić information content (AvgIpc) is 1.86. The third-order valence-corrected chi connectivity index (χ3v) is 2.76. The number of hydrogen-bond donors (Lipinski definition) is 2. The van der Waals surface area contributed by atoms with Gasteiger partial charge >= 0.3 is 0 Å². The summed E-state index contributed by atoms with van der Waals surface area (Å²) in [6, 6.07) is 0. The van der Waals surface area contributed by atoms with E-state index < -0.39 is 0 Å². The normalized spacial score (nSPS) is 24.3. The van der Waals surface area contributed by atoms with Gasteiger partial charge in [0.2, 0.25) is 0 Å². The first-order valence-corrected chi connectivity index (χ1v) is 4.62. The van der Waals surface area contributed by atoms with Crippen molar-refractivity contribution in [1.29, 1.82) is 0 Å². The van der Waals surface area contributed by atoms with Crippen molar-refractivity contribution in [1.82, 2.24) is 5.32 Å². The SMILES string of the molecule is CCC1(NCC(C)O)CCC1. The standard InChI is InChI=1S/C9H19NO/c1-3-9(5-4-6-9)10-7-8(2)11/h8,10-11H,3-7H2,1-2H3. The van der Waals surface area contributed by atoms with Gasteiger partial charge in [-0.2, -0.15) is 0 Å². The van der Waals surface area contributed by atoms with E-state index in [9.17, 15) is 0 Å². The summed E-state index contributed by atoms with van der Waals surface area (Å²) in [5, 5.41) is 12.5. The minimum absolute atomic E-state index is 0.209. The van der Waals surface area contributed by atoms with E-state index in [1.54, 1.807) is 0 Å². The Hall–Kier alpha value is -0.0800. The molecule has 0 aromatic heterocycles. The summed E-state index contributed by atoms with van der Waals surface area (Å²) in [6.07, 6.45) is 4.91. The molecular formula is C9H19NO. The summed E-state index contributed by atoms with van der Waals surface area (Å²) in [7, 11) is 0. The minimum atomic E-state index is -0.209. The minimum Gasteiger partial charge on any atom is -0.392 e. The van der Waals surface area contributed by atoms with Crippen LogP contribution in [0.2, 0.25) is 0 Å². The lowest BCUT2D eigenvalue weighted by Crippen LogP contribution is -2.52. The zero-order valence-corrected chi connectivity index (χ0v) is 7.56. The molecule has 0 aromatic rings. The molecule has 1 saturated carbocycles. The summed E-state index contributed by atoms with van der Waals surface area (Å²) >= 11 is 0. The number of aliphatic hydroxyl groups excluding tert-OH is 1. The predicted octanol–water partition coefficient (Wildman–Crippen LogP) is 1.29. The number of rotatable bonds is 4. The second-order valence-corrected chi connectivity index (χ2v) is 3.72. The van der Waals surface area contributed by atoms with Crippen LogP contribution >= 0.6 is 0 Å². The Morgan fingerprint density at radius 2 is 2.18 bits per heavy atom. The Morgan fingerprint density at radius 3 is 2.45 bits per heavy atom. The molecule has 0 saturated heterocycles. The lowest BCUT2D eigenvalue weighted by atomic mass is 9.75. The number of nitrogens with one attached hydrogen (secondary N) is 1. The summed E-state index contributed by atoms with van der Waals surface area (Å²) in [5.74, 6) is 0. The Balaban J connectivity index is 2.22. The van der Waals surface area contributed by atoms with E-state index in [0.717, 1.165) is 6.54 Å². The van der Waals surface area contributed by atoms with Gasteiger partial charge < -0.3 is 10.4 Å². The van der Waals surface area contributed by atoms with Gasteiger partial charge in [0.1, 0.15) is 0 Å². The van der Waals surface area contributed by atoms with Gasteiger partial charge in [-0.15, -0.1) is 0 Å². The van der Waals surface area contributed by atoms with Crippen LogP contribution in [0.15, 0.2) is 0 Å². The molecule has 1 fully saturated rings. The molecule has 0 radical (unpaired) electrons. The zero-order chi connectivity index (χ0) is 8.32. The fraction of sp³-hybridized carbons (Fsp3) is 1.00. The van der Waals surface area contributed by atoms with Crippen LogP contribution in [-0.2, 0) is 0 Å². The molecule has 0 aliphatic heterocycles. The molecule has 1 atom stereocenters. The van der Waals surface area contributed by atoms with Crippen LogP contribution < -0.4 is 5.32 Å². The highest BCUT2D eigenvalue weighted by molar-refractivity contribution is 4.94. The molecule has 1 unspecified atom stereocenters. The second-order valence-electron chi connectivity index (χ2n) is 3.72. The second kappa shape index (κ2) is 3.55. The molecule has 66 valence electrons. The number of β-amino-alcohol motifs (C(OH)–C–C–N with tert-alkyl or cyclic N) is 1. The van der Waals surface area contributed by atoms with Gasteiger partial charge in [0.05, 0.1) is 6.10 Å². The third kappa shape index (κ3) is 2.17. The topological polar surface area (TPSA) is 32.3 Å². The molecule has 0 spiro atoms. The maximum absolute atomic E-state index is 9.07. The van der Waals surface area contributed by atoms with Gasteiger partial charge in [0, 0.05) is 12.1 Å². The van der Waals surface area contributed by atoms with Crippen molar-refractivity contribution in [3.63, 3.8) is 0 Å². The van der Waals surface area contributed by atoms with E-state index in [1.165, 1.54) is 25.7 Å². The molecule has 2 nitrogen and oxygen atoms in total. The van der Waals surface area contributed by atoms with Crippen LogP contribution in [0, 0.1) is 0 Å². The van der Waals surface area contributed by atoms with Crippen molar-refractivity contribution < 1.29 is 5.11 Å². The first kappa shape index (κ1) is 9.01. The third-order valence-electron chi connectivity index (χ3n) is 2.76. The smallest absolute Gasteiger partial charge is 0.0636 e. The summed E-state index contributed by atoms with van der Waals surface area (Å²) in [4.78, 5) is 0. The van der Waals surface area contributed by atoms with E-state index in [4.69, 9.17) is 5.11 Å². The number of hydrogen-bond acceptors (Lipinski definition) is 2. The Labute approximate surface area is 69.0 Å². The van der Waals surface area contributed by atoms with Gasteiger partial charge in [-0.05, 0) is 32.6 Å².